The second-order valence-electron chi connectivity index (χ2n) is 8.60. The molecule has 204 valence electrons. The molecule has 0 aromatic heterocycles. The average molecular weight is 557 g/mol. The van der Waals surface area contributed by atoms with Gasteiger partial charge >= 0.3 is 6.36 Å². The van der Waals surface area contributed by atoms with Crippen LogP contribution in [0.4, 0.5) is 22.0 Å². The largest absolute Gasteiger partial charge is 0.573 e. The van der Waals surface area contributed by atoms with Crippen LogP contribution in [0.25, 0.3) is 0 Å². The van der Waals surface area contributed by atoms with E-state index in [0.29, 0.717) is 25.2 Å². The maximum atomic E-state index is 13.9. The smallest absolute Gasteiger partial charge is 0.406 e. The van der Waals surface area contributed by atoms with Crippen LogP contribution in [0.5, 0.6) is 5.75 Å². The molecule has 1 fully saturated rings. The fourth-order valence-corrected chi connectivity index (χ4v) is 5.62. The van der Waals surface area contributed by atoms with Crippen molar-refractivity contribution in [3.63, 3.8) is 0 Å². The summed E-state index contributed by atoms with van der Waals surface area (Å²) in [6, 6.07) is 17.0. The molecule has 3 aromatic carbocycles. The Kier molecular flexibility index (Phi) is 8.66. The van der Waals surface area contributed by atoms with Gasteiger partial charge in [-0.05, 0) is 35.4 Å². The molecule has 3 aromatic rings. The number of halogens is 5. The highest BCUT2D eigenvalue weighted by atomic mass is 32.2. The quantitative estimate of drug-likeness (QED) is 0.348. The van der Waals surface area contributed by atoms with E-state index >= 15 is 0 Å². The van der Waals surface area contributed by atoms with Crippen LogP contribution in [0.15, 0.2) is 77.7 Å². The second-order valence-corrected chi connectivity index (χ2v) is 10.5. The molecule has 12 heteroatoms. The number of nitrogens with zero attached hydrogens (tertiary/aromatic N) is 2. The molecule has 1 aliphatic rings. The molecule has 0 spiro atoms. The van der Waals surface area contributed by atoms with Crippen molar-refractivity contribution in [3.8, 4) is 5.75 Å². The third-order valence-electron chi connectivity index (χ3n) is 6.05. The minimum absolute atomic E-state index is 0.137. The molecule has 0 bridgehead atoms. The van der Waals surface area contributed by atoms with Crippen LogP contribution in [-0.4, -0.2) is 63.3 Å². The normalized spacial score (nSPS) is 16.3. The molecule has 0 aliphatic carbocycles. The highest BCUT2D eigenvalue weighted by Crippen LogP contribution is 2.28. The lowest BCUT2D eigenvalue weighted by molar-refractivity contribution is -0.274. The predicted octanol–water partition coefficient (Wildman–Crippen LogP) is 4.98. The summed E-state index contributed by atoms with van der Waals surface area (Å²) in [6.45, 7) is 1.72. The van der Waals surface area contributed by atoms with Gasteiger partial charge in [-0.15, -0.1) is 13.2 Å². The molecule has 0 N–H and O–H groups in total. The Morgan fingerprint density at radius 1 is 0.816 bits per heavy atom. The highest BCUT2D eigenvalue weighted by Gasteiger charge is 2.33. The van der Waals surface area contributed by atoms with Gasteiger partial charge in [-0.1, -0.05) is 42.5 Å². The molecule has 4 rings (SSSR count). The zero-order valence-corrected chi connectivity index (χ0v) is 20.9. The number of hydrogen-bond acceptors (Lipinski definition) is 5. The molecule has 1 atom stereocenters. The highest BCUT2D eigenvalue weighted by molar-refractivity contribution is 7.89. The lowest BCUT2D eigenvalue weighted by Gasteiger charge is -2.34. The number of sulfonamides is 1. The molecule has 6 nitrogen and oxygen atoms in total. The van der Waals surface area contributed by atoms with Crippen LogP contribution < -0.4 is 4.74 Å². The number of alkyl halides is 3. The van der Waals surface area contributed by atoms with E-state index in [0.717, 1.165) is 29.8 Å². The van der Waals surface area contributed by atoms with Crippen molar-refractivity contribution in [1.82, 2.24) is 9.21 Å². The van der Waals surface area contributed by atoms with Crippen molar-refractivity contribution in [2.75, 3.05) is 39.3 Å². The maximum Gasteiger partial charge on any atom is 0.573 e. The molecular formula is C26H25F5N2O4S. The van der Waals surface area contributed by atoms with E-state index in [4.69, 9.17) is 4.74 Å². The molecule has 38 heavy (non-hydrogen) atoms. The topological polar surface area (TPSA) is 59.1 Å². The Labute approximate surface area is 217 Å². The fraction of sp³-hybridized carbons (Fsp3) is 0.308. The Morgan fingerprint density at radius 2 is 1.53 bits per heavy atom. The monoisotopic (exact) mass is 556 g/mol. The predicted molar refractivity (Wildman–Crippen MR) is 129 cm³/mol. The van der Waals surface area contributed by atoms with Gasteiger partial charge in [0.2, 0.25) is 10.0 Å². The van der Waals surface area contributed by atoms with Gasteiger partial charge in [-0.25, -0.2) is 17.2 Å². The minimum Gasteiger partial charge on any atom is -0.406 e. The lowest BCUT2D eigenvalue weighted by Crippen LogP contribution is -2.49. The second kappa shape index (κ2) is 11.8. The van der Waals surface area contributed by atoms with Crippen molar-refractivity contribution in [2.45, 2.75) is 17.4 Å². The minimum atomic E-state index is -4.93. The number of hydrogen-bond donors (Lipinski definition) is 0. The van der Waals surface area contributed by atoms with Crippen molar-refractivity contribution in [3.05, 3.63) is 95.6 Å². The maximum absolute atomic E-state index is 13.9. The van der Waals surface area contributed by atoms with Gasteiger partial charge in [0, 0.05) is 38.8 Å². The SMILES string of the molecule is O=S(=O)(c1cccc(OC(F)(F)F)c1)N1CCN(CCO[C@@H](c2ccccc2)c2ccc(F)c(F)c2)CC1. The third kappa shape index (κ3) is 7.07. The van der Waals surface area contributed by atoms with Crippen LogP contribution in [0.1, 0.15) is 17.2 Å². The van der Waals surface area contributed by atoms with Crippen LogP contribution >= 0.6 is 0 Å². The Balaban J connectivity index is 1.35. The first-order chi connectivity index (χ1) is 18.0. The molecule has 0 saturated carbocycles. The number of rotatable bonds is 9. The van der Waals surface area contributed by atoms with Gasteiger partial charge in [0.1, 0.15) is 11.9 Å². The zero-order chi connectivity index (χ0) is 27.3. The summed E-state index contributed by atoms with van der Waals surface area (Å²) in [6.07, 6.45) is -5.56. The van der Waals surface area contributed by atoms with Gasteiger partial charge in [0.25, 0.3) is 0 Å². The van der Waals surface area contributed by atoms with E-state index in [2.05, 4.69) is 4.74 Å². The van der Waals surface area contributed by atoms with E-state index in [1.807, 2.05) is 35.2 Å². The Hall–Kier alpha value is -3.06. The van der Waals surface area contributed by atoms with Gasteiger partial charge < -0.3 is 9.47 Å². The zero-order valence-electron chi connectivity index (χ0n) is 20.1. The number of ether oxygens (including phenoxy) is 2. The summed E-state index contributed by atoms with van der Waals surface area (Å²) in [5.74, 6) is -2.53. The van der Waals surface area contributed by atoms with Crippen LogP contribution in [0.3, 0.4) is 0 Å². The van der Waals surface area contributed by atoms with E-state index < -0.39 is 39.9 Å². The first kappa shape index (κ1) is 28.0. The van der Waals surface area contributed by atoms with Crippen molar-refractivity contribution < 1.29 is 39.8 Å². The van der Waals surface area contributed by atoms with Gasteiger partial charge in [-0.2, -0.15) is 4.31 Å². The van der Waals surface area contributed by atoms with Crippen molar-refractivity contribution in [2.24, 2.45) is 0 Å². The van der Waals surface area contributed by atoms with E-state index in [-0.39, 0.29) is 24.6 Å². The summed E-state index contributed by atoms with van der Waals surface area (Å²) in [5, 5.41) is 0. The van der Waals surface area contributed by atoms with Crippen LogP contribution in [-0.2, 0) is 14.8 Å². The average Bonchev–Trinajstić information content (AvgIpc) is 2.88. The van der Waals surface area contributed by atoms with E-state index in [1.54, 1.807) is 0 Å². The fourth-order valence-electron chi connectivity index (χ4n) is 4.16. The summed E-state index contributed by atoms with van der Waals surface area (Å²) in [7, 11) is -4.02. The van der Waals surface area contributed by atoms with Crippen LogP contribution in [0, 0.1) is 11.6 Å². The molecule has 1 aliphatic heterocycles. The van der Waals surface area contributed by atoms with Crippen molar-refractivity contribution >= 4 is 10.0 Å². The summed E-state index contributed by atoms with van der Waals surface area (Å²) >= 11 is 0. The third-order valence-corrected chi connectivity index (χ3v) is 7.94. The van der Waals surface area contributed by atoms with Gasteiger partial charge in [0.15, 0.2) is 11.6 Å². The molecule has 0 amide bonds. The van der Waals surface area contributed by atoms with E-state index in [9.17, 15) is 30.4 Å². The number of piperazine rings is 1. The summed E-state index contributed by atoms with van der Waals surface area (Å²) in [4.78, 5) is 1.70. The standard InChI is InChI=1S/C26H25F5N2O4S/c27-23-10-9-20(17-24(23)28)25(19-5-2-1-3-6-19)36-16-15-32-11-13-33(14-12-32)38(34,35)22-8-4-7-21(18-22)37-26(29,30)31/h1-10,17-18,25H,11-16H2/t25-/m0/s1. The van der Waals surface area contributed by atoms with Gasteiger partial charge in [0.05, 0.1) is 11.5 Å². The molecule has 1 saturated heterocycles. The summed E-state index contributed by atoms with van der Waals surface area (Å²) in [5.41, 5.74) is 1.23. The van der Waals surface area contributed by atoms with Crippen LogP contribution in [0.2, 0.25) is 0 Å². The molecule has 0 unspecified atom stereocenters. The van der Waals surface area contributed by atoms with E-state index in [1.165, 1.54) is 22.5 Å². The Morgan fingerprint density at radius 3 is 2.18 bits per heavy atom. The molecule has 1 heterocycles. The Bertz CT molecular complexity index is 1330. The summed E-state index contributed by atoms with van der Waals surface area (Å²) < 4.78 is 102. The first-order valence-corrected chi connectivity index (χ1v) is 13.2. The van der Waals surface area contributed by atoms with Crippen molar-refractivity contribution in [1.29, 1.82) is 0 Å². The first-order valence-electron chi connectivity index (χ1n) is 11.7. The van der Waals surface area contributed by atoms with Gasteiger partial charge in [-0.3, -0.25) is 4.90 Å². The number of benzene rings is 3. The molecular weight excluding hydrogens is 531 g/mol. The lowest BCUT2D eigenvalue weighted by atomic mass is 10.0. The molecule has 0 radical (unpaired) electrons.